The van der Waals surface area contributed by atoms with Crippen molar-refractivity contribution in [1.29, 1.82) is 0 Å². The molecular weight excluding hydrogens is 280 g/mol. The molecule has 0 aliphatic rings. The van der Waals surface area contributed by atoms with Gasteiger partial charge in [0, 0.05) is 18.5 Å². The van der Waals surface area contributed by atoms with Crippen LogP contribution >= 0.6 is 15.9 Å². The van der Waals surface area contributed by atoms with Gasteiger partial charge in [0.2, 0.25) is 0 Å². The summed E-state index contributed by atoms with van der Waals surface area (Å²) in [6.07, 6.45) is 2.19. The fraction of sp³-hybridized carbons (Fsp3) is 0.571. The molecule has 0 N–H and O–H groups in total. The molecule has 96 valence electrons. The fourth-order valence-electron chi connectivity index (χ4n) is 1.72. The average Bonchev–Trinajstić information content (AvgIpc) is 2.38. The maximum Gasteiger partial charge on any atom is 0.118 e. The summed E-state index contributed by atoms with van der Waals surface area (Å²) in [6, 6.07) is 8.30. The predicted octanol–water partition coefficient (Wildman–Crippen LogP) is 3.68. The van der Waals surface area contributed by atoms with Crippen molar-refractivity contribution in [2.24, 2.45) is 5.92 Å². The van der Waals surface area contributed by atoms with Gasteiger partial charge in [-0.25, -0.2) is 0 Å². The van der Waals surface area contributed by atoms with Crippen LogP contribution in [0.15, 0.2) is 24.3 Å². The summed E-state index contributed by atoms with van der Waals surface area (Å²) >= 11 is 3.57. The normalized spacial score (nSPS) is 12.4. The minimum absolute atomic E-state index is 0.634. The van der Waals surface area contributed by atoms with Crippen molar-refractivity contribution in [3.8, 4) is 5.75 Å². The third kappa shape index (κ3) is 5.55. The second kappa shape index (κ2) is 8.54. The van der Waals surface area contributed by atoms with Crippen molar-refractivity contribution >= 4 is 15.9 Å². The van der Waals surface area contributed by atoms with Crippen molar-refractivity contribution < 1.29 is 9.47 Å². The molecule has 1 aromatic carbocycles. The van der Waals surface area contributed by atoms with Gasteiger partial charge in [-0.3, -0.25) is 0 Å². The Labute approximate surface area is 112 Å². The zero-order valence-electron chi connectivity index (χ0n) is 10.6. The first-order valence-electron chi connectivity index (χ1n) is 6.06. The minimum atomic E-state index is 0.634. The summed E-state index contributed by atoms with van der Waals surface area (Å²) in [5.41, 5.74) is 1.35. The van der Waals surface area contributed by atoms with Crippen molar-refractivity contribution in [3.05, 3.63) is 29.8 Å². The maximum atomic E-state index is 5.40. The smallest absolute Gasteiger partial charge is 0.118 e. The van der Waals surface area contributed by atoms with Crippen LogP contribution in [0.1, 0.15) is 18.9 Å². The van der Waals surface area contributed by atoms with Gasteiger partial charge in [0.05, 0.1) is 7.11 Å². The van der Waals surface area contributed by atoms with E-state index in [4.69, 9.17) is 9.47 Å². The van der Waals surface area contributed by atoms with Gasteiger partial charge in [0.15, 0.2) is 0 Å². The molecule has 0 amide bonds. The third-order valence-electron chi connectivity index (χ3n) is 2.78. The van der Waals surface area contributed by atoms with Gasteiger partial charge in [-0.15, -0.1) is 0 Å². The van der Waals surface area contributed by atoms with E-state index in [0.717, 1.165) is 37.1 Å². The van der Waals surface area contributed by atoms with Crippen LogP contribution < -0.4 is 4.74 Å². The number of benzene rings is 1. The van der Waals surface area contributed by atoms with Gasteiger partial charge >= 0.3 is 0 Å². The van der Waals surface area contributed by atoms with Gasteiger partial charge in [-0.2, -0.15) is 0 Å². The molecule has 1 unspecified atom stereocenters. The number of alkyl halides is 1. The van der Waals surface area contributed by atoms with E-state index in [0.29, 0.717) is 5.92 Å². The van der Waals surface area contributed by atoms with Crippen LogP contribution in [0.5, 0.6) is 5.75 Å². The lowest BCUT2D eigenvalue weighted by Gasteiger charge is -2.14. The van der Waals surface area contributed by atoms with E-state index in [-0.39, 0.29) is 0 Å². The molecule has 1 atom stereocenters. The van der Waals surface area contributed by atoms with E-state index in [1.807, 2.05) is 19.1 Å². The summed E-state index contributed by atoms with van der Waals surface area (Å²) in [5.74, 6) is 1.55. The predicted molar refractivity (Wildman–Crippen MR) is 75.1 cm³/mol. The number of rotatable bonds is 8. The van der Waals surface area contributed by atoms with Gasteiger partial charge in [-0.05, 0) is 43.4 Å². The summed E-state index contributed by atoms with van der Waals surface area (Å²) < 4.78 is 10.5. The molecule has 0 aliphatic carbocycles. The number of ether oxygens (including phenoxy) is 2. The monoisotopic (exact) mass is 300 g/mol. The Kier molecular flexibility index (Phi) is 7.29. The van der Waals surface area contributed by atoms with Crippen LogP contribution in [0.25, 0.3) is 0 Å². The van der Waals surface area contributed by atoms with Crippen LogP contribution in [-0.2, 0) is 11.2 Å². The maximum absolute atomic E-state index is 5.40. The first-order chi connectivity index (χ1) is 8.30. The summed E-state index contributed by atoms with van der Waals surface area (Å²) in [7, 11) is 1.69. The van der Waals surface area contributed by atoms with Crippen molar-refractivity contribution in [2.75, 3.05) is 25.7 Å². The fourth-order valence-corrected chi connectivity index (χ4v) is 2.28. The van der Waals surface area contributed by atoms with Gasteiger partial charge in [0.25, 0.3) is 0 Å². The lowest BCUT2D eigenvalue weighted by Crippen LogP contribution is -2.10. The molecule has 0 heterocycles. The molecule has 0 saturated carbocycles. The average molecular weight is 301 g/mol. The molecule has 0 aromatic heterocycles. The molecule has 0 radical (unpaired) electrons. The number of methoxy groups -OCH3 is 1. The van der Waals surface area contributed by atoms with Crippen molar-refractivity contribution in [2.45, 2.75) is 19.8 Å². The SMILES string of the molecule is CCOCCC(CBr)Cc1ccc(OC)cc1. The zero-order chi connectivity index (χ0) is 12.5. The highest BCUT2D eigenvalue weighted by molar-refractivity contribution is 9.09. The topological polar surface area (TPSA) is 18.5 Å². The molecule has 17 heavy (non-hydrogen) atoms. The number of halogens is 1. The second-order valence-corrected chi connectivity index (χ2v) is 4.71. The summed E-state index contributed by atoms with van der Waals surface area (Å²) in [5, 5.41) is 1.02. The van der Waals surface area contributed by atoms with Gasteiger partial charge < -0.3 is 9.47 Å². The van der Waals surface area contributed by atoms with Crippen LogP contribution in [0, 0.1) is 5.92 Å². The van der Waals surface area contributed by atoms with Crippen LogP contribution in [0.3, 0.4) is 0 Å². The zero-order valence-corrected chi connectivity index (χ0v) is 12.2. The molecule has 3 heteroatoms. The molecule has 2 nitrogen and oxygen atoms in total. The molecular formula is C14H21BrO2. The second-order valence-electron chi connectivity index (χ2n) is 4.06. The Morgan fingerprint density at radius 1 is 1.24 bits per heavy atom. The lowest BCUT2D eigenvalue weighted by atomic mass is 9.98. The summed E-state index contributed by atoms with van der Waals surface area (Å²) in [6.45, 7) is 3.69. The standard InChI is InChI=1S/C14H21BrO2/c1-3-17-9-8-13(11-15)10-12-4-6-14(16-2)7-5-12/h4-7,13H,3,8-11H2,1-2H3. The summed E-state index contributed by atoms with van der Waals surface area (Å²) in [4.78, 5) is 0. The van der Waals surface area contributed by atoms with E-state index in [9.17, 15) is 0 Å². The molecule has 0 saturated heterocycles. The lowest BCUT2D eigenvalue weighted by molar-refractivity contribution is 0.134. The largest absolute Gasteiger partial charge is 0.497 e. The van der Waals surface area contributed by atoms with Gasteiger partial charge in [-0.1, -0.05) is 28.1 Å². The van der Waals surface area contributed by atoms with Crippen molar-refractivity contribution in [3.63, 3.8) is 0 Å². The minimum Gasteiger partial charge on any atom is -0.497 e. The molecule has 0 bridgehead atoms. The van der Waals surface area contributed by atoms with E-state index in [1.165, 1.54) is 5.56 Å². The highest BCUT2D eigenvalue weighted by Gasteiger charge is 2.08. The first kappa shape index (κ1) is 14.5. The Bertz CT molecular complexity index is 298. The number of hydrogen-bond acceptors (Lipinski definition) is 2. The van der Waals surface area contributed by atoms with Gasteiger partial charge in [0.1, 0.15) is 5.75 Å². The Hall–Kier alpha value is -0.540. The first-order valence-corrected chi connectivity index (χ1v) is 7.19. The Balaban J connectivity index is 2.43. The highest BCUT2D eigenvalue weighted by Crippen LogP contribution is 2.18. The van der Waals surface area contributed by atoms with E-state index < -0.39 is 0 Å². The highest BCUT2D eigenvalue weighted by atomic mass is 79.9. The molecule has 0 aliphatic heterocycles. The number of hydrogen-bond donors (Lipinski definition) is 0. The van der Waals surface area contributed by atoms with Crippen LogP contribution in [0.2, 0.25) is 0 Å². The molecule has 1 rings (SSSR count). The molecule has 1 aromatic rings. The molecule has 0 spiro atoms. The van der Waals surface area contributed by atoms with Crippen LogP contribution in [0.4, 0.5) is 0 Å². The third-order valence-corrected chi connectivity index (χ3v) is 3.69. The van der Waals surface area contributed by atoms with Crippen molar-refractivity contribution in [1.82, 2.24) is 0 Å². The van der Waals surface area contributed by atoms with E-state index in [2.05, 4.69) is 28.1 Å². The Morgan fingerprint density at radius 2 is 1.94 bits per heavy atom. The quantitative estimate of drug-likeness (QED) is 0.539. The van der Waals surface area contributed by atoms with Crippen LogP contribution in [-0.4, -0.2) is 25.7 Å². The Morgan fingerprint density at radius 3 is 2.47 bits per heavy atom. The molecule has 0 fully saturated rings. The van der Waals surface area contributed by atoms with E-state index in [1.54, 1.807) is 7.11 Å². The van der Waals surface area contributed by atoms with E-state index >= 15 is 0 Å².